The average Bonchev–Trinajstić information content (AvgIpc) is 3.02. The summed E-state index contributed by atoms with van der Waals surface area (Å²) in [4.78, 5) is 21.0. The van der Waals surface area contributed by atoms with E-state index in [1.54, 1.807) is 30.5 Å². The minimum Gasteiger partial charge on any atom is -0.290 e. The van der Waals surface area contributed by atoms with Gasteiger partial charge in [0.2, 0.25) is 5.95 Å². The maximum absolute atomic E-state index is 12.0. The lowest BCUT2D eigenvalue weighted by atomic mass is 10.1. The summed E-state index contributed by atoms with van der Waals surface area (Å²) < 4.78 is 0. The fourth-order valence-corrected chi connectivity index (χ4v) is 2.52. The Kier molecular flexibility index (Phi) is 3.94. The van der Waals surface area contributed by atoms with Crippen molar-refractivity contribution in [2.24, 2.45) is 0 Å². The molecule has 1 amide bonds. The summed E-state index contributed by atoms with van der Waals surface area (Å²) >= 11 is 7.24. The zero-order valence-corrected chi connectivity index (χ0v) is 12.4. The minimum absolute atomic E-state index is 0.210. The van der Waals surface area contributed by atoms with Crippen LogP contribution in [0.5, 0.6) is 0 Å². The van der Waals surface area contributed by atoms with Crippen LogP contribution in [0.2, 0.25) is 5.02 Å². The number of aromatic nitrogens is 2. The number of thiophene rings is 1. The summed E-state index contributed by atoms with van der Waals surface area (Å²) in [5.41, 5.74) is 1.64. The van der Waals surface area contributed by atoms with Crippen LogP contribution in [-0.2, 0) is 0 Å². The number of nitrogens with one attached hydrogen (secondary N) is 1. The van der Waals surface area contributed by atoms with E-state index in [4.69, 9.17) is 11.6 Å². The lowest BCUT2D eigenvalue weighted by Crippen LogP contribution is -2.12. The van der Waals surface area contributed by atoms with E-state index in [1.807, 2.05) is 23.6 Å². The Morgan fingerprint density at radius 1 is 1.14 bits per heavy atom. The second-order valence-electron chi connectivity index (χ2n) is 4.20. The molecule has 4 nitrogen and oxygen atoms in total. The molecule has 0 unspecified atom stereocenters. The zero-order chi connectivity index (χ0) is 14.7. The largest absolute Gasteiger partial charge is 0.290 e. The van der Waals surface area contributed by atoms with Crippen LogP contribution in [0.15, 0.2) is 54.0 Å². The number of carbonyl (C=O) groups is 1. The molecule has 3 aromatic rings. The fraction of sp³-hybridized carbons (Fsp3) is 0. The van der Waals surface area contributed by atoms with Crippen LogP contribution in [0.4, 0.5) is 5.95 Å². The first-order valence-electron chi connectivity index (χ1n) is 6.16. The molecule has 0 bridgehead atoms. The molecule has 0 atom stereocenters. The first kappa shape index (κ1) is 13.7. The number of nitrogens with zero attached hydrogens (tertiary/aromatic N) is 2. The molecule has 1 aromatic carbocycles. The maximum Gasteiger partial charge on any atom is 0.268 e. The number of benzene rings is 1. The SMILES string of the molecule is O=C(Nc1nccc(-c2ccc(Cl)cc2)n1)c1cccs1. The van der Waals surface area contributed by atoms with E-state index in [9.17, 15) is 4.79 Å². The molecule has 0 saturated heterocycles. The van der Waals surface area contributed by atoms with Crippen LogP contribution in [0.1, 0.15) is 9.67 Å². The molecular formula is C15H10ClN3OS. The average molecular weight is 316 g/mol. The van der Waals surface area contributed by atoms with Gasteiger partial charge in [0.15, 0.2) is 0 Å². The predicted octanol–water partition coefficient (Wildman–Crippen LogP) is 4.11. The van der Waals surface area contributed by atoms with Gasteiger partial charge in [-0.2, -0.15) is 0 Å². The monoisotopic (exact) mass is 315 g/mol. The van der Waals surface area contributed by atoms with Crippen molar-refractivity contribution in [2.45, 2.75) is 0 Å². The van der Waals surface area contributed by atoms with Gasteiger partial charge in [-0.3, -0.25) is 10.1 Å². The minimum atomic E-state index is -0.210. The number of hydrogen-bond donors (Lipinski definition) is 1. The van der Waals surface area contributed by atoms with Gasteiger partial charge in [-0.05, 0) is 29.6 Å². The molecule has 0 aliphatic carbocycles. The van der Waals surface area contributed by atoms with Gasteiger partial charge in [0, 0.05) is 16.8 Å². The van der Waals surface area contributed by atoms with Gasteiger partial charge in [-0.15, -0.1) is 11.3 Å². The number of anilines is 1. The van der Waals surface area contributed by atoms with Crippen molar-refractivity contribution in [2.75, 3.05) is 5.32 Å². The van der Waals surface area contributed by atoms with Gasteiger partial charge in [0.1, 0.15) is 0 Å². The molecule has 2 aromatic heterocycles. The van der Waals surface area contributed by atoms with E-state index in [0.29, 0.717) is 9.90 Å². The summed E-state index contributed by atoms with van der Waals surface area (Å²) in [5, 5.41) is 5.20. The van der Waals surface area contributed by atoms with E-state index in [0.717, 1.165) is 11.3 Å². The molecule has 104 valence electrons. The molecular weight excluding hydrogens is 306 g/mol. The third-order valence-electron chi connectivity index (χ3n) is 2.77. The highest BCUT2D eigenvalue weighted by Crippen LogP contribution is 2.20. The first-order chi connectivity index (χ1) is 10.2. The Bertz CT molecular complexity index is 757. The smallest absolute Gasteiger partial charge is 0.268 e. The van der Waals surface area contributed by atoms with Gasteiger partial charge >= 0.3 is 0 Å². The molecule has 21 heavy (non-hydrogen) atoms. The first-order valence-corrected chi connectivity index (χ1v) is 7.42. The molecule has 0 aliphatic heterocycles. The molecule has 0 spiro atoms. The summed E-state index contributed by atoms with van der Waals surface area (Å²) in [5.74, 6) is 0.0686. The molecule has 0 aliphatic rings. The van der Waals surface area contributed by atoms with E-state index in [1.165, 1.54) is 11.3 Å². The molecule has 0 radical (unpaired) electrons. The van der Waals surface area contributed by atoms with E-state index in [-0.39, 0.29) is 11.9 Å². The van der Waals surface area contributed by atoms with Crippen molar-refractivity contribution in [3.63, 3.8) is 0 Å². The van der Waals surface area contributed by atoms with Gasteiger partial charge in [0.05, 0.1) is 10.6 Å². The second-order valence-corrected chi connectivity index (χ2v) is 5.59. The number of rotatable bonds is 3. The van der Waals surface area contributed by atoms with Gasteiger partial charge in [-0.25, -0.2) is 9.97 Å². The van der Waals surface area contributed by atoms with Crippen molar-refractivity contribution >= 4 is 34.8 Å². The molecule has 3 rings (SSSR count). The van der Waals surface area contributed by atoms with E-state index >= 15 is 0 Å². The highest BCUT2D eigenvalue weighted by atomic mass is 35.5. The fourth-order valence-electron chi connectivity index (χ4n) is 1.77. The third-order valence-corrected chi connectivity index (χ3v) is 3.89. The zero-order valence-electron chi connectivity index (χ0n) is 10.8. The molecule has 6 heteroatoms. The Morgan fingerprint density at radius 2 is 1.95 bits per heavy atom. The van der Waals surface area contributed by atoms with Crippen LogP contribution >= 0.6 is 22.9 Å². The van der Waals surface area contributed by atoms with Crippen molar-refractivity contribution in [3.8, 4) is 11.3 Å². The van der Waals surface area contributed by atoms with Crippen LogP contribution in [0, 0.1) is 0 Å². The summed E-state index contributed by atoms with van der Waals surface area (Å²) in [6.45, 7) is 0. The van der Waals surface area contributed by atoms with E-state index < -0.39 is 0 Å². The van der Waals surface area contributed by atoms with E-state index in [2.05, 4.69) is 15.3 Å². The number of hydrogen-bond acceptors (Lipinski definition) is 4. The van der Waals surface area contributed by atoms with Crippen molar-refractivity contribution < 1.29 is 4.79 Å². The topological polar surface area (TPSA) is 54.9 Å². The maximum atomic E-state index is 12.0. The van der Waals surface area contributed by atoms with Crippen molar-refractivity contribution in [1.29, 1.82) is 0 Å². The van der Waals surface area contributed by atoms with Crippen molar-refractivity contribution in [1.82, 2.24) is 9.97 Å². The van der Waals surface area contributed by atoms with Gasteiger partial charge < -0.3 is 0 Å². The highest BCUT2D eigenvalue weighted by Gasteiger charge is 2.09. The van der Waals surface area contributed by atoms with Crippen LogP contribution in [0.3, 0.4) is 0 Å². The van der Waals surface area contributed by atoms with Crippen molar-refractivity contribution in [3.05, 3.63) is 63.9 Å². The summed E-state index contributed by atoms with van der Waals surface area (Å²) in [7, 11) is 0. The number of halogens is 1. The Labute approximate surface area is 130 Å². The van der Waals surface area contributed by atoms with Crippen LogP contribution in [-0.4, -0.2) is 15.9 Å². The standard InChI is InChI=1S/C15H10ClN3OS/c16-11-5-3-10(4-6-11)12-7-8-17-15(18-12)19-14(20)13-2-1-9-21-13/h1-9H,(H,17,18,19,20). The highest BCUT2D eigenvalue weighted by molar-refractivity contribution is 7.12. The van der Waals surface area contributed by atoms with Crippen LogP contribution in [0.25, 0.3) is 11.3 Å². The lowest BCUT2D eigenvalue weighted by Gasteiger charge is -2.05. The molecule has 2 heterocycles. The van der Waals surface area contributed by atoms with Crippen LogP contribution < -0.4 is 5.32 Å². The lowest BCUT2D eigenvalue weighted by molar-refractivity contribution is 0.102. The summed E-state index contributed by atoms with van der Waals surface area (Å²) in [6, 6.07) is 12.7. The molecule has 1 N–H and O–H groups in total. The normalized spacial score (nSPS) is 10.3. The third kappa shape index (κ3) is 3.26. The number of carbonyl (C=O) groups excluding carboxylic acids is 1. The second kappa shape index (κ2) is 6.03. The Morgan fingerprint density at radius 3 is 2.67 bits per heavy atom. The number of amides is 1. The summed E-state index contributed by atoms with van der Waals surface area (Å²) in [6.07, 6.45) is 1.61. The Balaban J connectivity index is 1.83. The van der Waals surface area contributed by atoms with Gasteiger partial charge in [0.25, 0.3) is 5.91 Å². The quantitative estimate of drug-likeness (QED) is 0.791. The molecule has 0 fully saturated rings. The molecule has 0 saturated carbocycles. The predicted molar refractivity (Wildman–Crippen MR) is 84.8 cm³/mol. The Hall–Kier alpha value is -2.24. The van der Waals surface area contributed by atoms with Gasteiger partial charge in [-0.1, -0.05) is 29.8 Å².